The van der Waals surface area contributed by atoms with Crippen LogP contribution in [0, 0.1) is 13.8 Å². The number of β-amino-alcohol motifs (C(OH)–C–C–N with tert-alkyl or cyclic N) is 1. The molecule has 0 amide bonds. The van der Waals surface area contributed by atoms with Crippen molar-refractivity contribution in [2.75, 3.05) is 26.2 Å². The average Bonchev–Trinajstić information content (AvgIpc) is 2.86. The van der Waals surface area contributed by atoms with E-state index in [1.807, 2.05) is 48.9 Å². The SMILES string of the molecule is Cc1nc(C)n(C[C@@H]2CN(C[C@H](O)c3ccccc3)CCO2)n1. The van der Waals surface area contributed by atoms with Crippen molar-refractivity contribution < 1.29 is 9.84 Å². The van der Waals surface area contributed by atoms with Gasteiger partial charge in [-0.15, -0.1) is 0 Å². The molecule has 3 rings (SSSR count). The molecule has 1 aromatic carbocycles. The summed E-state index contributed by atoms with van der Waals surface area (Å²) in [7, 11) is 0. The highest BCUT2D eigenvalue weighted by Gasteiger charge is 2.24. The predicted octanol–water partition coefficient (Wildman–Crippen LogP) is 1.33. The summed E-state index contributed by atoms with van der Waals surface area (Å²) in [5, 5.41) is 14.8. The van der Waals surface area contributed by atoms with E-state index in [0.717, 1.165) is 30.3 Å². The molecule has 23 heavy (non-hydrogen) atoms. The zero-order valence-electron chi connectivity index (χ0n) is 13.7. The van der Waals surface area contributed by atoms with E-state index in [2.05, 4.69) is 15.0 Å². The Balaban J connectivity index is 1.57. The quantitative estimate of drug-likeness (QED) is 0.901. The third-order valence-electron chi connectivity index (χ3n) is 4.18. The van der Waals surface area contributed by atoms with Gasteiger partial charge in [0.25, 0.3) is 0 Å². The van der Waals surface area contributed by atoms with Gasteiger partial charge in [0.2, 0.25) is 0 Å². The Morgan fingerprint density at radius 3 is 2.78 bits per heavy atom. The molecule has 1 fully saturated rings. The number of hydrogen-bond acceptors (Lipinski definition) is 5. The molecule has 0 radical (unpaired) electrons. The fourth-order valence-corrected chi connectivity index (χ4v) is 3.01. The van der Waals surface area contributed by atoms with Gasteiger partial charge in [-0.2, -0.15) is 5.10 Å². The molecular weight excluding hydrogens is 292 g/mol. The van der Waals surface area contributed by atoms with Crippen LogP contribution in [-0.4, -0.2) is 57.1 Å². The van der Waals surface area contributed by atoms with E-state index < -0.39 is 6.10 Å². The Labute approximate surface area is 136 Å². The Morgan fingerprint density at radius 2 is 2.09 bits per heavy atom. The molecule has 124 valence electrons. The van der Waals surface area contributed by atoms with Crippen molar-refractivity contribution in [2.24, 2.45) is 0 Å². The van der Waals surface area contributed by atoms with Crippen LogP contribution < -0.4 is 0 Å². The maximum absolute atomic E-state index is 10.4. The second kappa shape index (κ2) is 7.21. The van der Waals surface area contributed by atoms with Gasteiger partial charge >= 0.3 is 0 Å². The van der Waals surface area contributed by atoms with E-state index in [1.165, 1.54) is 0 Å². The summed E-state index contributed by atoms with van der Waals surface area (Å²) in [5.41, 5.74) is 0.957. The van der Waals surface area contributed by atoms with Crippen LogP contribution in [-0.2, 0) is 11.3 Å². The van der Waals surface area contributed by atoms with Gasteiger partial charge in [0, 0.05) is 19.6 Å². The number of nitrogens with zero attached hydrogens (tertiary/aromatic N) is 4. The number of aromatic nitrogens is 3. The Hall–Kier alpha value is -1.76. The predicted molar refractivity (Wildman–Crippen MR) is 87.1 cm³/mol. The fourth-order valence-electron chi connectivity index (χ4n) is 3.01. The van der Waals surface area contributed by atoms with E-state index in [0.29, 0.717) is 19.7 Å². The van der Waals surface area contributed by atoms with Crippen molar-refractivity contribution >= 4 is 0 Å². The molecule has 2 aromatic rings. The summed E-state index contributed by atoms with van der Waals surface area (Å²) in [5.74, 6) is 1.70. The minimum Gasteiger partial charge on any atom is -0.387 e. The summed E-state index contributed by atoms with van der Waals surface area (Å²) in [6, 6.07) is 9.80. The zero-order valence-corrected chi connectivity index (χ0v) is 13.7. The van der Waals surface area contributed by atoms with E-state index >= 15 is 0 Å². The zero-order chi connectivity index (χ0) is 16.2. The van der Waals surface area contributed by atoms with Gasteiger partial charge in [0.15, 0.2) is 0 Å². The second-order valence-electron chi connectivity index (χ2n) is 6.07. The van der Waals surface area contributed by atoms with Crippen LogP contribution in [0.2, 0.25) is 0 Å². The van der Waals surface area contributed by atoms with Gasteiger partial charge < -0.3 is 9.84 Å². The van der Waals surface area contributed by atoms with Gasteiger partial charge in [-0.05, 0) is 19.4 Å². The van der Waals surface area contributed by atoms with Crippen molar-refractivity contribution in [1.82, 2.24) is 19.7 Å². The maximum Gasteiger partial charge on any atom is 0.147 e. The Bertz CT molecular complexity index is 629. The van der Waals surface area contributed by atoms with E-state index in [9.17, 15) is 5.11 Å². The van der Waals surface area contributed by atoms with Crippen LogP contribution in [0.15, 0.2) is 30.3 Å². The van der Waals surface area contributed by atoms with Crippen LogP contribution in [0.25, 0.3) is 0 Å². The molecule has 1 saturated heterocycles. The standard InChI is InChI=1S/C17H24N4O2/c1-13-18-14(2)21(19-13)11-16-10-20(8-9-23-16)12-17(22)15-6-4-3-5-7-15/h3-7,16-17,22H,8-12H2,1-2H3/t16-,17-/m0/s1. The maximum atomic E-state index is 10.4. The molecule has 0 bridgehead atoms. The van der Waals surface area contributed by atoms with Crippen LogP contribution in [0.1, 0.15) is 23.3 Å². The molecule has 1 aliphatic rings. The van der Waals surface area contributed by atoms with Gasteiger partial charge in [-0.25, -0.2) is 9.67 Å². The first-order chi connectivity index (χ1) is 11.1. The number of ether oxygens (including phenoxy) is 1. The Morgan fingerprint density at radius 1 is 1.30 bits per heavy atom. The topological polar surface area (TPSA) is 63.4 Å². The highest BCUT2D eigenvalue weighted by molar-refractivity contribution is 5.17. The summed E-state index contributed by atoms with van der Waals surface area (Å²) < 4.78 is 7.75. The van der Waals surface area contributed by atoms with E-state index in [4.69, 9.17) is 4.74 Å². The molecule has 0 unspecified atom stereocenters. The molecule has 1 N–H and O–H groups in total. The van der Waals surface area contributed by atoms with E-state index in [1.54, 1.807) is 0 Å². The van der Waals surface area contributed by atoms with Crippen molar-refractivity contribution in [3.8, 4) is 0 Å². The number of rotatable bonds is 5. The molecule has 0 spiro atoms. The van der Waals surface area contributed by atoms with Crippen LogP contribution in [0.3, 0.4) is 0 Å². The van der Waals surface area contributed by atoms with Crippen molar-refractivity contribution in [1.29, 1.82) is 0 Å². The largest absolute Gasteiger partial charge is 0.387 e. The number of aliphatic hydroxyl groups excluding tert-OH is 1. The number of aliphatic hydroxyl groups is 1. The fraction of sp³-hybridized carbons (Fsp3) is 0.529. The van der Waals surface area contributed by atoms with Gasteiger partial charge in [0.05, 0.1) is 25.4 Å². The first kappa shape index (κ1) is 16.1. The first-order valence-corrected chi connectivity index (χ1v) is 8.07. The summed E-state index contributed by atoms with van der Waals surface area (Å²) in [4.78, 5) is 6.58. The molecule has 1 aromatic heterocycles. The summed E-state index contributed by atoms with van der Waals surface area (Å²) >= 11 is 0. The molecule has 1 aliphatic heterocycles. The minimum atomic E-state index is -0.467. The van der Waals surface area contributed by atoms with Crippen LogP contribution in [0.4, 0.5) is 0 Å². The van der Waals surface area contributed by atoms with Gasteiger partial charge in [-0.3, -0.25) is 4.90 Å². The second-order valence-corrected chi connectivity index (χ2v) is 6.07. The minimum absolute atomic E-state index is 0.0755. The smallest absolute Gasteiger partial charge is 0.147 e. The van der Waals surface area contributed by atoms with E-state index in [-0.39, 0.29) is 6.10 Å². The van der Waals surface area contributed by atoms with Crippen molar-refractivity contribution in [3.05, 3.63) is 47.5 Å². The van der Waals surface area contributed by atoms with Crippen LogP contribution >= 0.6 is 0 Å². The first-order valence-electron chi connectivity index (χ1n) is 8.07. The Kier molecular flexibility index (Phi) is 5.05. The number of hydrogen-bond donors (Lipinski definition) is 1. The molecule has 6 heteroatoms. The molecular formula is C17H24N4O2. The molecule has 0 aliphatic carbocycles. The summed E-state index contributed by atoms with van der Waals surface area (Å²) in [6.45, 7) is 7.49. The molecule has 6 nitrogen and oxygen atoms in total. The number of morpholine rings is 1. The lowest BCUT2D eigenvalue weighted by Gasteiger charge is -2.34. The lowest BCUT2D eigenvalue weighted by atomic mass is 10.1. The summed E-state index contributed by atoms with van der Waals surface area (Å²) in [6.07, 6.45) is -0.392. The normalized spacial score (nSPS) is 20.6. The lowest BCUT2D eigenvalue weighted by Crippen LogP contribution is -2.45. The van der Waals surface area contributed by atoms with Crippen molar-refractivity contribution in [2.45, 2.75) is 32.6 Å². The highest BCUT2D eigenvalue weighted by Crippen LogP contribution is 2.16. The average molecular weight is 316 g/mol. The highest BCUT2D eigenvalue weighted by atomic mass is 16.5. The molecule has 2 atom stereocenters. The lowest BCUT2D eigenvalue weighted by molar-refractivity contribution is -0.0489. The third kappa shape index (κ3) is 4.16. The third-order valence-corrected chi connectivity index (χ3v) is 4.18. The molecule has 0 saturated carbocycles. The number of aryl methyl sites for hydroxylation is 2. The van der Waals surface area contributed by atoms with Gasteiger partial charge in [-0.1, -0.05) is 30.3 Å². The van der Waals surface area contributed by atoms with Crippen LogP contribution in [0.5, 0.6) is 0 Å². The van der Waals surface area contributed by atoms with Gasteiger partial charge in [0.1, 0.15) is 11.6 Å². The molecule has 2 heterocycles. The monoisotopic (exact) mass is 316 g/mol. The number of benzene rings is 1. The van der Waals surface area contributed by atoms with Crippen molar-refractivity contribution in [3.63, 3.8) is 0 Å².